The van der Waals surface area contributed by atoms with Crippen molar-refractivity contribution in [2.75, 3.05) is 13.7 Å². The van der Waals surface area contributed by atoms with Gasteiger partial charge in [0, 0.05) is 29.8 Å². The number of hydrogen-bond donors (Lipinski definition) is 1. The Morgan fingerprint density at radius 2 is 1.67 bits per heavy atom. The Morgan fingerprint density at radius 1 is 0.939 bits per heavy atom. The Labute approximate surface area is 191 Å². The number of methoxy groups -OCH3 is 1. The zero-order valence-corrected chi connectivity index (χ0v) is 19.4. The van der Waals surface area contributed by atoms with Gasteiger partial charge in [0.15, 0.2) is 0 Å². The second-order valence-electron chi connectivity index (χ2n) is 8.67. The SMILES string of the molecule is COc1ccc2c(c1)c(=O)oc1cc(OC(=O)CCCCCNC(=O)OC(C)(C)C)ccc12. The summed E-state index contributed by atoms with van der Waals surface area (Å²) in [6, 6.07) is 10.2. The Balaban J connectivity index is 1.51. The second-order valence-corrected chi connectivity index (χ2v) is 8.67. The summed E-state index contributed by atoms with van der Waals surface area (Å²) in [6.45, 7) is 5.90. The number of rotatable bonds is 8. The number of benzene rings is 2. The topological polar surface area (TPSA) is 104 Å². The van der Waals surface area contributed by atoms with Gasteiger partial charge in [0.1, 0.15) is 22.7 Å². The molecule has 0 fully saturated rings. The summed E-state index contributed by atoms with van der Waals surface area (Å²) in [6.07, 6.45) is 1.91. The number of hydrogen-bond acceptors (Lipinski definition) is 7. The molecule has 8 heteroatoms. The van der Waals surface area contributed by atoms with Crippen LogP contribution in [0.3, 0.4) is 0 Å². The predicted molar refractivity (Wildman–Crippen MR) is 125 cm³/mol. The molecule has 1 aromatic heterocycles. The van der Waals surface area contributed by atoms with Crippen molar-refractivity contribution in [3.63, 3.8) is 0 Å². The minimum absolute atomic E-state index is 0.242. The van der Waals surface area contributed by atoms with E-state index in [0.29, 0.717) is 35.4 Å². The van der Waals surface area contributed by atoms with Crippen LogP contribution in [0.1, 0.15) is 46.5 Å². The van der Waals surface area contributed by atoms with Crippen molar-refractivity contribution in [3.8, 4) is 11.5 Å². The van der Waals surface area contributed by atoms with Crippen molar-refractivity contribution in [1.29, 1.82) is 0 Å². The summed E-state index contributed by atoms with van der Waals surface area (Å²) >= 11 is 0. The summed E-state index contributed by atoms with van der Waals surface area (Å²) in [5, 5.41) is 4.59. The van der Waals surface area contributed by atoms with Crippen LogP contribution in [0, 0.1) is 0 Å². The number of carbonyl (C=O) groups excluding carboxylic acids is 2. The molecule has 2 aromatic carbocycles. The van der Waals surface area contributed by atoms with Crippen molar-refractivity contribution in [2.24, 2.45) is 0 Å². The number of ether oxygens (including phenoxy) is 3. The number of carbonyl (C=O) groups is 2. The van der Waals surface area contributed by atoms with Crippen LogP contribution in [0.2, 0.25) is 0 Å². The van der Waals surface area contributed by atoms with Crippen molar-refractivity contribution in [3.05, 3.63) is 46.8 Å². The fourth-order valence-electron chi connectivity index (χ4n) is 3.34. The highest BCUT2D eigenvalue weighted by Crippen LogP contribution is 2.28. The van der Waals surface area contributed by atoms with Gasteiger partial charge in [0.05, 0.1) is 12.5 Å². The zero-order chi connectivity index (χ0) is 24.0. The quantitative estimate of drug-likeness (QED) is 0.169. The van der Waals surface area contributed by atoms with Crippen LogP contribution in [0.25, 0.3) is 21.7 Å². The van der Waals surface area contributed by atoms with Crippen LogP contribution in [0.4, 0.5) is 4.79 Å². The first-order valence-electron chi connectivity index (χ1n) is 10.9. The van der Waals surface area contributed by atoms with E-state index in [1.807, 2.05) is 0 Å². The number of esters is 1. The van der Waals surface area contributed by atoms with Gasteiger partial charge in [0.2, 0.25) is 0 Å². The maximum absolute atomic E-state index is 12.4. The van der Waals surface area contributed by atoms with E-state index in [0.717, 1.165) is 23.6 Å². The molecule has 0 saturated heterocycles. The van der Waals surface area contributed by atoms with Crippen molar-refractivity contribution in [2.45, 2.75) is 52.1 Å². The van der Waals surface area contributed by atoms with E-state index < -0.39 is 17.3 Å². The second kappa shape index (κ2) is 10.4. The minimum atomic E-state index is -0.528. The smallest absolute Gasteiger partial charge is 0.407 e. The average molecular weight is 456 g/mol. The molecule has 0 atom stereocenters. The molecule has 1 heterocycles. The molecule has 3 aromatic rings. The molecule has 0 aliphatic carbocycles. The van der Waals surface area contributed by atoms with E-state index in [1.165, 1.54) is 7.11 Å². The fraction of sp³-hybridized carbons (Fsp3) is 0.400. The molecule has 0 spiro atoms. The summed E-state index contributed by atoms with van der Waals surface area (Å²) < 4.78 is 21.2. The van der Waals surface area contributed by atoms with Crippen LogP contribution in [-0.2, 0) is 9.53 Å². The molecule has 0 aliphatic heterocycles. The number of fused-ring (bicyclic) bond motifs is 3. The Morgan fingerprint density at radius 3 is 2.39 bits per heavy atom. The molecular weight excluding hydrogens is 426 g/mol. The van der Waals surface area contributed by atoms with Gasteiger partial charge >= 0.3 is 17.7 Å². The highest BCUT2D eigenvalue weighted by Gasteiger charge is 2.15. The summed E-state index contributed by atoms with van der Waals surface area (Å²) in [5.41, 5.74) is -0.671. The van der Waals surface area contributed by atoms with Gasteiger partial charge < -0.3 is 23.9 Å². The third-order valence-corrected chi connectivity index (χ3v) is 4.85. The lowest BCUT2D eigenvalue weighted by Gasteiger charge is -2.19. The number of amides is 1. The number of unbranched alkanes of at least 4 members (excludes halogenated alkanes) is 2. The molecule has 0 aliphatic rings. The molecule has 1 N–H and O–H groups in total. The molecule has 0 saturated carbocycles. The lowest BCUT2D eigenvalue weighted by molar-refractivity contribution is -0.134. The molecule has 1 amide bonds. The fourth-order valence-corrected chi connectivity index (χ4v) is 3.34. The highest BCUT2D eigenvalue weighted by molar-refractivity contribution is 6.05. The molecular formula is C25H29NO7. The molecule has 0 bridgehead atoms. The van der Waals surface area contributed by atoms with E-state index in [2.05, 4.69) is 5.32 Å². The van der Waals surface area contributed by atoms with E-state index in [-0.39, 0.29) is 12.4 Å². The number of nitrogens with one attached hydrogen (secondary N) is 1. The van der Waals surface area contributed by atoms with E-state index in [9.17, 15) is 14.4 Å². The van der Waals surface area contributed by atoms with Crippen molar-refractivity contribution in [1.82, 2.24) is 5.32 Å². The van der Waals surface area contributed by atoms with Gasteiger partial charge in [-0.25, -0.2) is 9.59 Å². The maximum atomic E-state index is 12.4. The van der Waals surface area contributed by atoms with Crippen LogP contribution in [0.15, 0.2) is 45.6 Å². The standard InChI is InChI=1S/C25H29NO7/c1-25(2,3)33-24(29)26-13-7-5-6-8-22(27)31-17-10-12-19-18-11-9-16(30-4)14-20(18)23(28)32-21(19)15-17/h9-12,14-15H,5-8,13H2,1-4H3,(H,26,29). The first-order valence-corrected chi connectivity index (χ1v) is 10.9. The minimum Gasteiger partial charge on any atom is -0.497 e. The summed E-state index contributed by atoms with van der Waals surface area (Å²) in [4.78, 5) is 36.1. The summed E-state index contributed by atoms with van der Waals surface area (Å²) in [7, 11) is 1.53. The zero-order valence-electron chi connectivity index (χ0n) is 19.4. The maximum Gasteiger partial charge on any atom is 0.407 e. The molecule has 8 nitrogen and oxygen atoms in total. The first kappa shape index (κ1) is 24.1. The van der Waals surface area contributed by atoms with E-state index in [4.69, 9.17) is 18.6 Å². The van der Waals surface area contributed by atoms with Crippen LogP contribution >= 0.6 is 0 Å². The molecule has 0 radical (unpaired) electrons. The van der Waals surface area contributed by atoms with Crippen molar-refractivity contribution >= 4 is 33.8 Å². The van der Waals surface area contributed by atoms with Crippen LogP contribution in [-0.4, -0.2) is 31.3 Å². The largest absolute Gasteiger partial charge is 0.497 e. The van der Waals surface area contributed by atoms with Gasteiger partial charge in [-0.2, -0.15) is 0 Å². The highest BCUT2D eigenvalue weighted by atomic mass is 16.6. The Kier molecular flexibility index (Phi) is 7.58. The average Bonchev–Trinajstić information content (AvgIpc) is 2.74. The predicted octanol–water partition coefficient (Wildman–Crippen LogP) is 4.95. The Hall–Kier alpha value is -3.55. The third-order valence-electron chi connectivity index (χ3n) is 4.85. The molecule has 176 valence electrons. The van der Waals surface area contributed by atoms with Gasteiger partial charge in [-0.1, -0.05) is 6.42 Å². The van der Waals surface area contributed by atoms with Gasteiger partial charge in [-0.05, 0) is 63.9 Å². The normalized spacial score (nSPS) is 11.4. The monoisotopic (exact) mass is 455 g/mol. The number of alkyl carbamates (subject to hydrolysis) is 1. The third kappa shape index (κ3) is 6.71. The van der Waals surface area contributed by atoms with Crippen molar-refractivity contribution < 1.29 is 28.2 Å². The molecule has 3 rings (SSSR count). The lowest BCUT2D eigenvalue weighted by atomic mass is 10.1. The van der Waals surface area contributed by atoms with E-state index >= 15 is 0 Å². The van der Waals surface area contributed by atoms with E-state index in [1.54, 1.807) is 57.2 Å². The van der Waals surface area contributed by atoms with Gasteiger partial charge in [0.25, 0.3) is 0 Å². The lowest BCUT2D eigenvalue weighted by Crippen LogP contribution is -2.33. The van der Waals surface area contributed by atoms with Crippen LogP contribution in [0.5, 0.6) is 11.5 Å². The molecule has 33 heavy (non-hydrogen) atoms. The molecule has 0 unspecified atom stereocenters. The van der Waals surface area contributed by atoms with Crippen LogP contribution < -0.4 is 20.4 Å². The Bertz CT molecular complexity index is 1210. The van der Waals surface area contributed by atoms with Gasteiger partial charge in [-0.15, -0.1) is 0 Å². The van der Waals surface area contributed by atoms with Gasteiger partial charge in [-0.3, -0.25) is 4.79 Å². The first-order chi connectivity index (χ1) is 15.7. The summed E-state index contributed by atoms with van der Waals surface area (Å²) in [5.74, 6) is 0.512.